The van der Waals surface area contributed by atoms with E-state index in [0.29, 0.717) is 12.2 Å². The highest BCUT2D eigenvalue weighted by molar-refractivity contribution is 9.10. The molecular formula is C25H24BrN3O3S. The van der Waals surface area contributed by atoms with E-state index in [1.807, 2.05) is 24.3 Å². The van der Waals surface area contributed by atoms with E-state index < -0.39 is 5.97 Å². The summed E-state index contributed by atoms with van der Waals surface area (Å²) in [5, 5.41) is 1.33. The molecule has 1 aliphatic rings. The van der Waals surface area contributed by atoms with Crippen molar-refractivity contribution in [3.05, 3.63) is 75.5 Å². The van der Waals surface area contributed by atoms with Gasteiger partial charge in [0.15, 0.2) is 5.11 Å². The van der Waals surface area contributed by atoms with Crippen molar-refractivity contribution in [2.45, 2.75) is 19.9 Å². The van der Waals surface area contributed by atoms with Gasteiger partial charge >= 0.3 is 5.97 Å². The number of nitrogens with zero attached hydrogens (tertiary/aromatic N) is 3. The van der Waals surface area contributed by atoms with Crippen LogP contribution >= 0.6 is 28.1 Å². The van der Waals surface area contributed by atoms with Crippen LogP contribution in [0.5, 0.6) is 0 Å². The molecule has 0 N–H and O–H groups in total. The van der Waals surface area contributed by atoms with E-state index in [1.54, 1.807) is 7.05 Å². The second-order valence-electron chi connectivity index (χ2n) is 7.84. The lowest BCUT2D eigenvalue weighted by atomic mass is 10.1. The zero-order chi connectivity index (χ0) is 23.7. The van der Waals surface area contributed by atoms with Gasteiger partial charge in [0.1, 0.15) is 12.2 Å². The minimum Gasteiger partial charge on any atom is -0.468 e. The highest BCUT2D eigenvalue weighted by Gasteiger charge is 2.37. The number of benzene rings is 2. The molecule has 0 aliphatic carbocycles. The lowest BCUT2D eigenvalue weighted by Crippen LogP contribution is -2.33. The van der Waals surface area contributed by atoms with Crippen molar-refractivity contribution < 1.29 is 14.3 Å². The van der Waals surface area contributed by atoms with Crippen LogP contribution < -0.4 is 0 Å². The van der Waals surface area contributed by atoms with Gasteiger partial charge in [0, 0.05) is 35.2 Å². The van der Waals surface area contributed by atoms with Gasteiger partial charge in [0.2, 0.25) is 0 Å². The molecular weight excluding hydrogens is 502 g/mol. The maximum atomic E-state index is 13.0. The third-order valence-electron chi connectivity index (χ3n) is 5.80. The van der Waals surface area contributed by atoms with Crippen LogP contribution in [0.4, 0.5) is 0 Å². The maximum absolute atomic E-state index is 13.0. The van der Waals surface area contributed by atoms with Crippen LogP contribution in [0, 0.1) is 0 Å². The number of rotatable bonds is 6. The summed E-state index contributed by atoms with van der Waals surface area (Å²) in [5.41, 5.74) is 4.79. The number of halogens is 1. The topological polar surface area (TPSA) is 54.8 Å². The molecule has 0 radical (unpaired) electrons. The minimum atomic E-state index is -0.461. The van der Waals surface area contributed by atoms with Gasteiger partial charge in [-0.1, -0.05) is 53.2 Å². The SMILES string of the molecule is CCc1cccc2c(/C=C3/C(=O)N(C)C(=S)N3CC(=O)OC)cn(Cc3ccc(Br)cc3)c12. The summed E-state index contributed by atoms with van der Waals surface area (Å²) >= 11 is 8.90. The number of amides is 1. The first kappa shape index (κ1) is 23.2. The number of aromatic nitrogens is 1. The number of ether oxygens (including phenoxy) is 1. The Morgan fingerprint density at radius 2 is 1.91 bits per heavy atom. The van der Waals surface area contributed by atoms with Gasteiger partial charge in [-0.05, 0) is 48.0 Å². The summed E-state index contributed by atoms with van der Waals surface area (Å²) in [6.07, 6.45) is 4.77. The zero-order valence-electron chi connectivity index (χ0n) is 18.7. The minimum absolute atomic E-state index is 0.116. The number of carbonyl (C=O) groups is 2. The van der Waals surface area contributed by atoms with Crippen molar-refractivity contribution in [3.8, 4) is 0 Å². The first-order chi connectivity index (χ1) is 15.8. The molecule has 2 aromatic carbocycles. The van der Waals surface area contributed by atoms with Gasteiger partial charge < -0.3 is 14.2 Å². The Bertz CT molecular complexity index is 1280. The predicted octanol–water partition coefficient (Wildman–Crippen LogP) is 4.59. The van der Waals surface area contributed by atoms with E-state index >= 15 is 0 Å². The molecule has 0 atom stereocenters. The molecule has 170 valence electrons. The molecule has 1 fully saturated rings. The summed E-state index contributed by atoms with van der Waals surface area (Å²) in [7, 11) is 2.93. The van der Waals surface area contributed by atoms with Gasteiger partial charge in [-0.25, -0.2) is 0 Å². The molecule has 33 heavy (non-hydrogen) atoms. The second kappa shape index (κ2) is 9.49. The zero-order valence-corrected chi connectivity index (χ0v) is 21.1. The predicted molar refractivity (Wildman–Crippen MR) is 137 cm³/mol. The molecule has 6 nitrogen and oxygen atoms in total. The number of para-hydroxylation sites is 1. The Hall–Kier alpha value is -2.97. The van der Waals surface area contributed by atoms with Gasteiger partial charge in [-0.15, -0.1) is 0 Å². The number of hydrogen-bond donors (Lipinski definition) is 0. The first-order valence-corrected chi connectivity index (χ1v) is 11.8. The number of methoxy groups -OCH3 is 1. The number of fused-ring (bicyclic) bond motifs is 1. The quantitative estimate of drug-likeness (QED) is 0.267. The van der Waals surface area contributed by atoms with E-state index in [9.17, 15) is 9.59 Å². The second-order valence-corrected chi connectivity index (χ2v) is 9.13. The number of aryl methyl sites for hydroxylation is 1. The number of hydrogen-bond acceptors (Lipinski definition) is 4. The van der Waals surface area contributed by atoms with E-state index in [2.05, 4.69) is 57.9 Å². The molecule has 1 saturated heterocycles. The highest BCUT2D eigenvalue weighted by Crippen LogP contribution is 2.30. The molecule has 0 bridgehead atoms. The molecule has 0 unspecified atom stereocenters. The molecule has 4 rings (SSSR count). The average Bonchev–Trinajstić information content (AvgIpc) is 3.26. The van der Waals surface area contributed by atoms with Crippen LogP contribution in [-0.2, 0) is 27.3 Å². The third kappa shape index (κ3) is 4.45. The number of carbonyl (C=O) groups excluding carboxylic acids is 2. The van der Waals surface area contributed by atoms with Crippen molar-refractivity contribution in [3.63, 3.8) is 0 Å². The van der Waals surface area contributed by atoms with Crippen LogP contribution in [0.15, 0.2) is 58.8 Å². The average molecular weight is 526 g/mol. The van der Waals surface area contributed by atoms with Crippen molar-refractivity contribution in [2.75, 3.05) is 20.7 Å². The lowest BCUT2D eigenvalue weighted by Gasteiger charge is -2.16. The van der Waals surface area contributed by atoms with E-state index in [0.717, 1.165) is 27.4 Å². The summed E-state index contributed by atoms with van der Waals surface area (Å²) in [4.78, 5) is 27.8. The largest absolute Gasteiger partial charge is 0.468 e. The number of likely N-dealkylation sites (N-methyl/N-ethyl adjacent to an activating group) is 1. The lowest BCUT2D eigenvalue weighted by molar-refractivity contribution is -0.140. The molecule has 8 heteroatoms. The van der Waals surface area contributed by atoms with Gasteiger partial charge in [-0.3, -0.25) is 14.5 Å². The van der Waals surface area contributed by atoms with Crippen molar-refractivity contribution in [1.82, 2.24) is 14.4 Å². The number of esters is 1. The highest BCUT2D eigenvalue weighted by atomic mass is 79.9. The standard InChI is InChI=1S/C25H24BrN3O3S/c1-4-17-6-5-7-20-18(14-28(23(17)20)13-16-8-10-19(26)11-9-16)12-21-24(31)27(2)25(33)29(21)15-22(30)32-3/h5-12,14H,4,13,15H2,1-3H3/b21-12-. The van der Waals surface area contributed by atoms with Gasteiger partial charge in [0.05, 0.1) is 12.6 Å². The Kier molecular flexibility index (Phi) is 6.67. The Morgan fingerprint density at radius 3 is 2.58 bits per heavy atom. The van der Waals surface area contributed by atoms with Crippen LogP contribution in [0.2, 0.25) is 0 Å². The van der Waals surface area contributed by atoms with Gasteiger partial charge in [-0.2, -0.15) is 0 Å². The molecule has 0 saturated carbocycles. The maximum Gasteiger partial charge on any atom is 0.325 e. The first-order valence-electron chi connectivity index (χ1n) is 10.6. The van der Waals surface area contributed by atoms with Crippen LogP contribution in [-0.4, -0.2) is 52.1 Å². The van der Waals surface area contributed by atoms with E-state index in [1.165, 1.54) is 28.0 Å². The fourth-order valence-corrected chi connectivity index (χ4v) is 4.58. The molecule has 1 aromatic heterocycles. The van der Waals surface area contributed by atoms with Crippen molar-refractivity contribution >= 4 is 62.1 Å². The summed E-state index contributed by atoms with van der Waals surface area (Å²) < 4.78 is 8.06. The molecule has 3 aromatic rings. The van der Waals surface area contributed by atoms with Crippen molar-refractivity contribution in [2.24, 2.45) is 0 Å². The summed E-state index contributed by atoms with van der Waals surface area (Å²) in [5.74, 6) is -0.707. The van der Waals surface area contributed by atoms with Crippen LogP contribution in [0.25, 0.3) is 17.0 Å². The monoisotopic (exact) mass is 525 g/mol. The van der Waals surface area contributed by atoms with Gasteiger partial charge in [0.25, 0.3) is 5.91 Å². The summed E-state index contributed by atoms with van der Waals surface area (Å²) in [6.45, 7) is 2.72. The normalized spacial score (nSPS) is 15.2. The fourth-order valence-electron chi connectivity index (χ4n) is 4.07. The van der Waals surface area contributed by atoms with Crippen molar-refractivity contribution in [1.29, 1.82) is 0 Å². The molecule has 0 spiro atoms. The number of thiocarbonyl (C=S) groups is 1. The molecule has 1 amide bonds. The van der Waals surface area contributed by atoms with E-state index in [-0.39, 0.29) is 17.6 Å². The van der Waals surface area contributed by atoms with E-state index in [4.69, 9.17) is 17.0 Å². The molecule has 1 aliphatic heterocycles. The van der Waals surface area contributed by atoms with Crippen LogP contribution in [0.3, 0.4) is 0 Å². The molecule has 2 heterocycles. The third-order valence-corrected chi connectivity index (χ3v) is 6.82. The van der Waals surface area contributed by atoms with Crippen LogP contribution in [0.1, 0.15) is 23.6 Å². The Labute approximate surface area is 206 Å². The Balaban J connectivity index is 1.84. The Morgan fingerprint density at radius 1 is 1.18 bits per heavy atom. The summed E-state index contributed by atoms with van der Waals surface area (Å²) in [6, 6.07) is 14.5. The fraction of sp³-hybridized carbons (Fsp3) is 0.240. The smallest absolute Gasteiger partial charge is 0.325 e.